The second-order valence-electron chi connectivity index (χ2n) is 9.01. The van der Waals surface area contributed by atoms with Crippen LogP contribution >= 0.6 is 11.3 Å². The summed E-state index contributed by atoms with van der Waals surface area (Å²) in [5, 5.41) is 9.37. The Morgan fingerprint density at radius 3 is 2.83 bits per heavy atom. The Morgan fingerprint density at radius 1 is 1.11 bits per heavy atom. The molecule has 2 aliphatic rings. The van der Waals surface area contributed by atoms with Gasteiger partial charge in [-0.05, 0) is 54.8 Å². The van der Waals surface area contributed by atoms with Crippen molar-refractivity contribution in [3.05, 3.63) is 83.7 Å². The first kappa shape index (κ1) is 22.1. The van der Waals surface area contributed by atoms with Gasteiger partial charge in [-0.3, -0.25) is 0 Å². The average Bonchev–Trinajstić information content (AvgIpc) is 3.17. The third-order valence-electron chi connectivity index (χ3n) is 6.75. The van der Waals surface area contributed by atoms with E-state index in [0.717, 1.165) is 60.3 Å². The summed E-state index contributed by atoms with van der Waals surface area (Å²) in [6, 6.07) is 21.9. The van der Waals surface area contributed by atoms with Crippen molar-refractivity contribution in [1.82, 2.24) is 10.2 Å². The number of nitrogens with zero attached hydrogens (tertiary/aromatic N) is 2. The van der Waals surface area contributed by atoms with Crippen LogP contribution < -0.4 is 15.4 Å². The number of nitrogens with one attached hydrogen (secondary N) is 2. The molecule has 178 valence electrons. The highest BCUT2D eigenvalue weighted by Gasteiger charge is 2.29. The molecule has 0 spiro atoms. The molecule has 0 aliphatic carbocycles. The largest absolute Gasteiger partial charge is 0.497 e. The number of thiophene rings is 1. The summed E-state index contributed by atoms with van der Waals surface area (Å²) in [6.45, 7) is 2.64. The maximum Gasteiger partial charge on any atom is 0.140 e. The van der Waals surface area contributed by atoms with Crippen molar-refractivity contribution in [3.63, 3.8) is 0 Å². The molecule has 0 bridgehead atoms. The molecule has 7 heteroatoms. The van der Waals surface area contributed by atoms with Crippen molar-refractivity contribution in [2.45, 2.75) is 18.9 Å². The highest BCUT2D eigenvalue weighted by Crippen LogP contribution is 2.43. The van der Waals surface area contributed by atoms with E-state index in [1.165, 1.54) is 27.8 Å². The Balaban J connectivity index is 1.31. The van der Waals surface area contributed by atoms with Crippen molar-refractivity contribution < 1.29 is 9.13 Å². The van der Waals surface area contributed by atoms with Gasteiger partial charge in [0.05, 0.1) is 24.0 Å². The zero-order chi connectivity index (χ0) is 23.8. The average molecular weight is 487 g/mol. The van der Waals surface area contributed by atoms with E-state index in [1.54, 1.807) is 24.5 Å². The van der Waals surface area contributed by atoms with E-state index in [9.17, 15) is 4.39 Å². The van der Waals surface area contributed by atoms with E-state index in [1.807, 2.05) is 12.1 Å². The molecular weight excluding hydrogens is 459 g/mol. The predicted octanol–water partition coefficient (Wildman–Crippen LogP) is 6.09. The van der Waals surface area contributed by atoms with Crippen LogP contribution in [0.5, 0.6) is 5.75 Å². The normalized spacial score (nSPS) is 17.3. The summed E-state index contributed by atoms with van der Waals surface area (Å²) in [6.07, 6.45) is 2.03. The quantitative estimate of drug-likeness (QED) is 0.366. The molecule has 1 unspecified atom stereocenters. The van der Waals surface area contributed by atoms with Crippen LogP contribution in [0.15, 0.2) is 71.7 Å². The molecular formula is C28H27FN4OS. The molecule has 1 saturated heterocycles. The van der Waals surface area contributed by atoms with Crippen LogP contribution in [0.1, 0.15) is 17.5 Å². The lowest BCUT2D eigenvalue weighted by Crippen LogP contribution is -2.52. The smallest absolute Gasteiger partial charge is 0.140 e. The number of piperazine rings is 1. The van der Waals surface area contributed by atoms with Crippen LogP contribution in [0.3, 0.4) is 0 Å². The Morgan fingerprint density at radius 2 is 1.97 bits per heavy atom. The third-order valence-corrected chi connectivity index (χ3v) is 7.83. The number of aryl methyl sites for hydroxylation is 1. The van der Waals surface area contributed by atoms with Crippen LogP contribution in [0.25, 0.3) is 10.1 Å². The van der Waals surface area contributed by atoms with Gasteiger partial charge in [-0.1, -0.05) is 30.3 Å². The highest BCUT2D eigenvalue weighted by atomic mass is 32.1. The van der Waals surface area contributed by atoms with Gasteiger partial charge in [0.15, 0.2) is 0 Å². The summed E-state index contributed by atoms with van der Waals surface area (Å²) >= 11 is 1.69. The number of ether oxygens (including phenoxy) is 1. The number of rotatable bonds is 4. The molecule has 2 N–H and O–H groups in total. The number of amidine groups is 1. The lowest BCUT2D eigenvalue weighted by Gasteiger charge is -2.36. The van der Waals surface area contributed by atoms with Crippen LogP contribution in [0, 0.1) is 5.82 Å². The lowest BCUT2D eigenvalue weighted by atomic mass is 10.0. The maximum absolute atomic E-state index is 14.1. The molecule has 1 atom stereocenters. The molecule has 6 rings (SSSR count). The molecule has 4 aromatic rings. The van der Waals surface area contributed by atoms with Crippen molar-refractivity contribution in [3.8, 4) is 5.75 Å². The van der Waals surface area contributed by atoms with Gasteiger partial charge >= 0.3 is 0 Å². The third kappa shape index (κ3) is 4.37. The van der Waals surface area contributed by atoms with E-state index in [4.69, 9.17) is 9.73 Å². The SMILES string of the molecule is COc1ccc(CCC2CN(C3=Nc4ccc(F)cc4Nc4sc5ccccc5c43)CCN2)cc1. The molecule has 35 heavy (non-hydrogen) atoms. The Kier molecular flexibility index (Phi) is 5.88. The Bertz CT molecular complexity index is 1400. The van der Waals surface area contributed by atoms with Crippen molar-refractivity contribution >= 4 is 43.6 Å². The molecule has 1 fully saturated rings. The van der Waals surface area contributed by atoms with E-state index in [2.05, 4.69) is 51.9 Å². The molecule has 3 heterocycles. The van der Waals surface area contributed by atoms with Crippen LogP contribution in [-0.4, -0.2) is 43.5 Å². The van der Waals surface area contributed by atoms with Gasteiger partial charge in [0, 0.05) is 35.8 Å². The highest BCUT2D eigenvalue weighted by molar-refractivity contribution is 7.23. The number of halogens is 1. The first-order chi connectivity index (χ1) is 17.2. The van der Waals surface area contributed by atoms with E-state index >= 15 is 0 Å². The van der Waals surface area contributed by atoms with Crippen molar-refractivity contribution in [1.29, 1.82) is 0 Å². The summed E-state index contributed by atoms with van der Waals surface area (Å²) in [7, 11) is 1.69. The minimum Gasteiger partial charge on any atom is -0.497 e. The number of hydrogen-bond donors (Lipinski definition) is 2. The molecule has 5 nitrogen and oxygen atoms in total. The fraction of sp³-hybridized carbons (Fsp3) is 0.250. The number of fused-ring (bicyclic) bond motifs is 4. The standard InChI is InChI=1S/C28H27FN4OS/c1-34-21-11-7-18(8-12-21)6-10-20-17-33(15-14-30-20)27-26-22-4-2-3-5-25(22)35-28(26)32-24-16-19(29)9-13-23(24)31-27/h2-5,7-9,11-13,16,20,30,32H,6,10,14-15,17H2,1H3. The Labute approximate surface area is 208 Å². The Hall–Kier alpha value is -3.42. The number of methoxy groups -OCH3 is 1. The second-order valence-corrected chi connectivity index (χ2v) is 10.1. The monoisotopic (exact) mass is 486 g/mol. The molecule has 0 saturated carbocycles. The molecule has 3 aromatic carbocycles. The van der Waals surface area contributed by atoms with Crippen molar-refractivity contribution in [2.75, 3.05) is 32.1 Å². The van der Waals surface area contributed by atoms with Crippen LogP contribution in [-0.2, 0) is 6.42 Å². The summed E-state index contributed by atoms with van der Waals surface area (Å²) in [5.74, 6) is 1.58. The second kappa shape index (κ2) is 9.32. The number of anilines is 2. The fourth-order valence-corrected chi connectivity index (χ4v) is 6.04. The molecule has 0 radical (unpaired) electrons. The number of aliphatic imine (C=N–C) groups is 1. The molecule has 2 aliphatic heterocycles. The van der Waals surface area contributed by atoms with Crippen molar-refractivity contribution in [2.24, 2.45) is 4.99 Å². The van der Waals surface area contributed by atoms with Crippen LogP contribution in [0.4, 0.5) is 20.8 Å². The summed E-state index contributed by atoms with van der Waals surface area (Å²) in [4.78, 5) is 7.51. The summed E-state index contributed by atoms with van der Waals surface area (Å²) in [5.41, 5.74) is 3.89. The summed E-state index contributed by atoms with van der Waals surface area (Å²) < 4.78 is 20.5. The zero-order valence-electron chi connectivity index (χ0n) is 19.6. The predicted molar refractivity (Wildman–Crippen MR) is 142 cm³/mol. The first-order valence-corrected chi connectivity index (χ1v) is 12.8. The lowest BCUT2D eigenvalue weighted by molar-refractivity contribution is 0.282. The first-order valence-electron chi connectivity index (χ1n) is 12.0. The number of hydrogen-bond acceptors (Lipinski definition) is 6. The fourth-order valence-electron chi connectivity index (χ4n) is 4.93. The van der Waals surface area contributed by atoms with Crippen LogP contribution in [0.2, 0.25) is 0 Å². The van der Waals surface area contributed by atoms with Gasteiger partial charge in [0.2, 0.25) is 0 Å². The van der Waals surface area contributed by atoms with Gasteiger partial charge in [-0.25, -0.2) is 9.38 Å². The number of benzene rings is 3. The van der Waals surface area contributed by atoms with Gasteiger partial charge < -0.3 is 20.3 Å². The van der Waals surface area contributed by atoms with Gasteiger partial charge in [-0.15, -0.1) is 11.3 Å². The van der Waals surface area contributed by atoms with Gasteiger partial charge in [0.1, 0.15) is 22.4 Å². The van der Waals surface area contributed by atoms with Gasteiger partial charge in [0.25, 0.3) is 0 Å². The minimum atomic E-state index is -0.265. The van der Waals surface area contributed by atoms with E-state index < -0.39 is 0 Å². The van der Waals surface area contributed by atoms with E-state index in [0.29, 0.717) is 11.7 Å². The molecule has 1 aromatic heterocycles. The topological polar surface area (TPSA) is 48.9 Å². The minimum absolute atomic E-state index is 0.265. The maximum atomic E-state index is 14.1. The van der Waals surface area contributed by atoms with E-state index in [-0.39, 0.29) is 5.82 Å². The van der Waals surface area contributed by atoms with Gasteiger partial charge in [-0.2, -0.15) is 0 Å². The zero-order valence-corrected chi connectivity index (χ0v) is 20.4. The molecule has 0 amide bonds.